The number of hydrogen-bond donors (Lipinski definition) is 8. The number of anilines is 10. The number of azo groups is 2. The summed E-state index contributed by atoms with van der Waals surface area (Å²) in [6.45, 7) is 17.3. The Balaban J connectivity index is 0.980. The van der Waals surface area contributed by atoms with Gasteiger partial charge in [0.2, 0.25) is 35.7 Å². The first kappa shape index (κ1) is 51.6. The molecule has 9 rings (SSSR count). The Hall–Kier alpha value is -9.32. The van der Waals surface area contributed by atoms with Crippen molar-refractivity contribution in [1.29, 1.82) is 0 Å². The summed E-state index contributed by atoms with van der Waals surface area (Å²) in [7, 11) is 0. The summed E-state index contributed by atoms with van der Waals surface area (Å²) in [6, 6.07) is 34.9. The van der Waals surface area contributed by atoms with Crippen molar-refractivity contribution >= 4 is 103 Å². The highest BCUT2D eigenvalue weighted by Crippen LogP contribution is 2.45. The van der Waals surface area contributed by atoms with Gasteiger partial charge in [-0.15, -0.1) is 10.2 Å². The van der Waals surface area contributed by atoms with Gasteiger partial charge in [-0.05, 0) is 159 Å². The first-order chi connectivity index (χ1) is 36.8. The molecule has 9 aromatic rings. The molecule has 0 fully saturated rings. The van der Waals surface area contributed by atoms with Crippen LogP contribution in [0.5, 0.6) is 11.5 Å². The predicted molar refractivity (Wildman–Crippen MR) is 307 cm³/mol. The van der Waals surface area contributed by atoms with Crippen LogP contribution >= 0.6 is 0 Å². The van der Waals surface area contributed by atoms with E-state index in [0.29, 0.717) is 81.8 Å². The number of unbranched alkanes of at least 4 members (excludes halogenated alkanes) is 2. The molecule has 0 aliphatic heterocycles. The van der Waals surface area contributed by atoms with Crippen molar-refractivity contribution in [1.82, 2.24) is 29.9 Å². The predicted octanol–water partition coefficient (Wildman–Crippen LogP) is 15.9. The van der Waals surface area contributed by atoms with E-state index in [4.69, 9.17) is 29.9 Å². The maximum Gasteiger partial charge on any atom is 0.233 e. The second kappa shape index (κ2) is 23.3. The van der Waals surface area contributed by atoms with E-state index in [-0.39, 0.29) is 23.4 Å². The van der Waals surface area contributed by atoms with E-state index < -0.39 is 0 Å². The van der Waals surface area contributed by atoms with Crippen LogP contribution in [-0.4, -0.2) is 53.2 Å². The minimum absolute atomic E-state index is 0.00596. The van der Waals surface area contributed by atoms with Gasteiger partial charge < -0.3 is 42.1 Å². The number of aromatic nitrogens is 6. The van der Waals surface area contributed by atoms with E-state index in [0.717, 1.165) is 81.2 Å². The molecule has 7 aromatic carbocycles. The molecule has 2 aromatic heterocycles. The zero-order valence-electron chi connectivity index (χ0n) is 44.0. The van der Waals surface area contributed by atoms with Gasteiger partial charge in [0.1, 0.15) is 11.4 Å². The van der Waals surface area contributed by atoms with E-state index >= 15 is 0 Å². The van der Waals surface area contributed by atoms with Crippen molar-refractivity contribution in [2.75, 3.05) is 45.0 Å². The molecule has 0 radical (unpaired) electrons. The minimum atomic E-state index is -0.00596. The monoisotopic (exact) mass is 1010 g/mol. The van der Waals surface area contributed by atoms with Gasteiger partial charge in [0, 0.05) is 35.2 Å². The van der Waals surface area contributed by atoms with Gasteiger partial charge in [0.15, 0.2) is 11.5 Å². The summed E-state index contributed by atoms with van der Waals surface area (Å²) in [5, 5.41) is 64.6. The van der Waals surface area contributed by atoms with Gasteiger partial charge in [-0.25, -0.2) is 0 Å². The molecule has 0 aliphatic rings. The molecule has 0 aliphatic carbocycles. The number of nitrogens with one attached hydrogen (secondary N) is 6. The number of fused-ring (bicyclic) bond motifs is 2. The minimum Gasteiger partial charge on any atom is -0.505 e. The molecular weight excluding hydrogens is 953 g/mol. The zero-order valence-corrected chi connectivity index (χ0v) is 44.0. The van der Waals surface area contributed by atoms with E-state index in [2.05, 4.69) is 66.2 Å². The number of phenols is 2. The summed E-state index contributed by atoms with van der Waals surface area (Å²) >= 11 is 0. The number of rotatable bonds is 20. The molecular formula is C58H62N16O2. The topological polar surface area (TPSA) is 239 Å². The molecule has 0 saturated heterocycles. The van der Waals surface area contributed by atoms with E-state index in [1.54, 1.807) is 0 Å². The third-order valence-corrected chi connectivity index (χ3v) is 12.6. The van der Waals surface area contributed by atoms with Crippen LogP contribution in [0.4, 0.5) is 81.2 Å². The Kier molecular flexibility index (Phi) is 15.8. The molecule has 0 amide bonds. The van der Waals surface area contributed by atoms with Crippen molar-refractivity contribution in [3.8, 4) is 11.5 Å². The fourth-order valence-electron chi connectivity index (χ4n) is 8.63. The molecule has 386 valence electrons. The van der Waals surface area contributed by atoms with Gasteiger partial charge in [0.25, 0.3) is 0 Å². The standard InChI is InChI=1S/C58H62N16O2/c1-9-11-25-59-53-65-55(69-57(67-53)63-45-29-33(3)27-39-31-37(7)49(51(75)47(39)45)73-71-43-19-15-13-17-35(43)5)61-41-21-23-42(24-22-41)62-56-66-54(60-26-12-10-2)68-58(70-56)64-46-30-34(4)28-40-32-38(8)50(52(76)48(40)46)74-72-44-20-16-14-18-36(44)6/h13-24,27-32,75-76H,9-12,25-26H2,1-8H3,(H3,59,61,63,65,67,69)(H3,60,62,64,66,68,70). The molecule has 18 nitrogen and oxygen atoms in total. The fourth-order valence-corrected chi connectivity index (χ4v) is 8.63. The average molecular weight is 1020 g/mol. The summed E-state index contributed by atoms with van der Waals surface area (Å²) in [6.07, 6.45) is 3.83. The van der Waals surface area contributed by atoms with Crippen molar-refractivity contribution in [3.05, 3.63) is 143 Å². The van der Waals surface area contributed by atoms with Gasteiger partial charge in [0.05, 0.1) is 22.7 Å². The molecule has 0 unspecified atom stereocenters. The Labute approximate surface area is 441 Å². The number of phenolic OH excluding ortho intramolecular Hbond substituents is 2. The Morgan fingerprint density at radius 3 is 1.16 bits per heavy atom. The van der Waals surface area contributed by atoms with Crippen LogP contribution in [0.3, 0.4) is 0 Å². The normalized spacial score (nSPS) is 11.5. The smallest absolute Gasteiger partial charge is 0.233 e. The molecule has 76 heavy (non-hydrogen) atoms. The van der Waals surface area contributed by atoms with Crippen LogP contribution in [0.2, 0.25) is 0 Å². The molecule has 18 heteroatoms. The van der Waals surface area contributed by atoms with Gasteiger partial charge in [-0.1, -0.05) is 75.2 Å². The lowest BCUT2D eigenvalue weighted by Crippen LogP contribution is -2.11. The van der Waals surface area contributed by atoms with Crippen LogP contribution in [0.1, 0.15) is 72.9 Å². The van der Waals surface area contributed by atoms with E-state index in [1.807, 2.05) is 151 Å². The lowest BCUT2D eigenvalue weighted by atomic mass is 10.0. The molecule has 0 saturated carbocycles. The van der Waals surface area contributed by atoms with Crippen molar-refractivity contribution in [3.63, 3.8) is 0 Å². The second-order valence-corrected chi connectivity index (χ2v) is 18.8. The summed E-state index contributed by atoms with van der Waals surface area (Å²) in [5.74, 6) is 1.87. The zero-order chi connectivity index (χ0) is 53.3. The first-order valence-corrected chi connectivity index (χ1v) is 25.5. The highest BCUT2D eigenvalue weighted by molar-refractivity contribution is 6.05. The lowest BCUT2D eigenvalue weighted by molar-refractivity contribution is 0.482. The van der Waals surface area contributed by atoms with Crippen molar-refractivity contribution < 1.29 is 10.2 Å². The Morgan fingerprint density at radius 1 is 0.408 bits per heavy atom. The average Bonchev–Trinajstić information content (AvgIpc) is 3.38. The Morgan fingerprint density at radius 2 is 0.776 bits per heavy atom. The lowest BCUT2D eigenvalue weighted by Gasteiger charge is -2.16. The van der Waals surface area contributed by atoms with E-state index in [9.17, 15) is 10.2 Å². The second-order valence-electron chi connectivity index (χ2n) is 18.8. The molecule has 0 bridgehead atoms. The number of benzene rings is 7. The van der Waals surface area contributed by atoms with Crippen LogP contribution in [-0.2, 0) is 0 Å². The molecule has 0 atom stereocenters. The first-order valence-electron chi connectivity index (χ1n) is 25.5. The van der Waals surface area contributed by atoms with Crippen LogP contribution < -0.4 is 31.9 Å². The van der Waals surface area contributed by atoms with Crippen molar-refractivity contribution in [2.45, 2.75) is 81.1 Å². The van der Waals surface area contributed by atoms with Crippen LogP contribution in [0, 0.1) is 41.5 Å². The molecule has 0 spiro atoms. The summed E-state index contributed by atoms with van der Waals surface area (Å²) in [4.78, 5) is 28.5. The third kappa shape index (κ3) is 12.2. The summed E-state index contributed by atoms with van der Waals surface area (Å²) < 4.78 is 0. The quantitative estimate of drug-likeness (QED) is 0.0262. The van der Waals surface area contributed by atoms with Gasteiger partial charge in [-0.3, -0.25) is 0 Å². The number of hydrogen-bond acceptors (Lipinski definition) is 18. The third-order valence-electron chi connectivity index (χ3n) is 12.6. The number of aromatic hydroxyl groups is 2. The SMILES string of the molecule is CCCCNc1nc(Nc2ccc(Nc3nc(NCCCC)nc(Nc4cc(C)cc5cc(C)c(N=Nc6ccccc6C)c(O)c45)n3)cc2)nc(Nc2cc(C)cc3cc(C)c(N=Nc4ccccc4C)c(O)c23)n1. The maximum atomic E-state index is 11.8. The van der Waals surface area contributed by atoms with Crippen molar-refractivity contribution in [2.24, 2.45) is 20.5 Å². The summed E-state index contributed by atoms with van der Waals surface area (Å²) in [5.41, 5.74) is 10.3. The molecule has 8 N–H and O–H groups in total. The largest absolute Gasteiger partial charge is 0.505 e. The number of nitrogens with zero attached hydrogens (tertiary/aromatic N) is 10. The van der Waals surface area contributed by atoms with Gasteiger partial charge in [-0.2, -0.15) is 40.1 Å². The maximum absolute atomic E-state index is 11.8. The Bertz CT molecular complexity index is 3400. The molecule has 2 heterocycles. The number of aryl methyl sites for hydroxylation is 6. The van der Waals surface area contributed by atoms with E-state index in [1.165, 1.54) is 0 Å². The fraction of sp³-hybridized carbons (Fsp3) is 0.241. The highest BCUT2D eigenvalue weighted by Gasteiger charge is 2.19. The van der Waals surface area contributed by atoms with Gasteiger partial charge >= 0.3 is 0 Å². The van der Waals surface area contributed by atoms with Crippen LogP contribution in [0.25, 0.3) is 21.5 Å². The highest BCUT2D eigenvalue weighted by atomic mass is 16.3. The van der Waals surface area contributed by atoms with Crippen LogP contribution in [0.15, 0.2) is 130 Å².